The van der Waals surface area contributed by atoms with E-state index in [1.165, 1.54) is 16.1 Å². The molecule has 6 rings (SSSR count). The zero-order valence-corrected chi connectivity index (χ0v) is 20.1. The van der Waals surface area contributed by atoms with Crippen molar-refractivity contribution in [3.05, 3.63) is 64.2 Å². The molecule has 2 amide bonds. The zero-order valence-electron chi connectivity index (χ0n) is 20.1. The Balaban J connectivity index is 1.13. The molecule has 3 fully saturated rings. The van der Waals surface area contributed by atoms with Gasteiger partial charge in [0.15, 0.2) is 23.1 Å². The van der Waals surface area contributed by atoms with Crippen molar-refractivity contribution in [1.82, 2.24) is 15.2 Å². The van der Waals surface area contributed by atoms with Crippen molar-refractivity contribution in [3.8, 4) is 0 Å². The van der Waals surface area contributed by atoms with Crippen LogP contribution in [0.15, 0.2) is 41.2 Å². The molecule has 2 atom stereocenters. The van der Waals surface area contributed by atoms with Gasteiger partial charge in [0.1, 0.15) is 17.6 Å². The minimum Gasteiger partial charge on any atom is -0.438 e. The number of carbonyl (C=O) groups excluding carboxylic acids is 2. The molecule has 2 saturated heterocycles. The number of rotatable bonds is 6. The second kappa shape index (κ2) is 9.23. The highest BCUT2D eigenvalue weighted by Gasteiger charge is 2.64. The Hall–Kier alpha value is -4.73. The molecule has 1 saturated carbocycles. The molecule has 204 valence electrons. The summed E-state index contributed by atoms with van der Waals surface area (Å²) in [5.41, 5.74) is -1.49. The van der Waals surface area contributed by atoms with E-state index in [9.17, 15) is 19.7 Å². The average molecular weight is 545 g/mol. The van der Waals surface area contributed by atoms with Gasteiger partial charge < -0.3 is 24.5 Å². The number of nitro groups is 1. The van der Waals surface area contributed by atoms with Crippen LogP contribution in [0.3, 0.4) is 0 Å². The van der Waals surface area contributed by atoms with Crippen molar-refractivity contribution in [1.29, 1.82) is 0 Å². The highest BCUT2D eigenvalue weighted by Crippen LogP contribution is 2.48. The van der Waals surface area contributed by atoms with E-state index in [0.717, 1.165) is 29.5 Å². The fourth-order valence-electron chi connectivity index (χ4n) is 4.80. The molecule has 1 aliphatic carbocycles. The first kappa shape index (κ1) is 24.6. The number of anilines is 3. The van der Waals surface area contributed by atoms with E-state index in [1.54, 1.807) is 6.07 Å². The first-order chi connectivity index (χ1) is 18.7. The van der Waals surface area contributed by atoms with Gasteiger partial charge in [0.2, 0.25) is 0 Å². The summed E-state index contributed by atoms with van der Waals surface area (Å²) >= 11 is 0. The molecule has 3 aliphatic rings. The van der Waals surface area contributed by atoms with Crippen molar-refractivity contribution < 1.29 is 37.4 Å². The Morgan fingerprint density at radius 2 is 2.03 bits per heavy atom. The number of hydrogen-bond donors (Lipinski definition) is 2. The number of amides is 2. The van der Waals surface area contributed by atoms with Gasteiger partial charge in [-0.1, -0.05) is 5.16 Å². The monoisotopic (exact) mass is 545 g/mol. The molecule has 1 aromatic carbocycles. The Morgan fingerprint density at radius 1 is 1.23 bits per heavy atom. The summed E-state index contributed by atoms with van der Waals surface area (Å²) in [7, 11) is 0. The lowest BCUT2D eigenvalue weighted by molar-refractivity contribution is -0.384. The number of aromatic amines is 1. The van der Waals surface area contributed by atoms with Gasteiger partial charge in [-0.15, -0.1) is 0 Å². The fourth-order valence-corrected chi connectivity index (χ4v) is 4.80. The predicted molar refractivity (Wildman–Crippen MR) is 128 cm³/mol. The summed E-state index contributed by atoms with van der Waals surface area (Å²) in [5, 5.41) is 18.7. The number of hydroxylamine groups is 2. The standard InChI is InChI=1S/C23H21F2N7O7/c24-15-7-13(30-12-23(39-22(30)34)10-18(23)27-19-1-5-37-28-19)8-16(25)20(15)29-2-3-31(38-6-4-29)21(33)17-9-14(11-26-17)32(35)36/h1,5,7-9,11,18,26H,2-4,6,10,12H2,(H,27,28)/t18-,23?/m0/s1. The Morgan fingerprint density at radius 3 is 2.72 bits per heavy atom. The van der Waals surface area contributed by atoms with Crippen molar-refractivity contribution in [2.24, 2.45) is 0 Å². The molecule has 1 unspecified atom stereocenters. The number of nitrogens with zero attached hydrogens (tertiary/aromatic N) is 5. The smallest absolute Gasteiger partial charge is 0.415 e. The van der Waals surface area contributed by atoms with Crippen LogP contribution in [0.4, 0.5) is 36.5 Å². The van der Waals surface area contributed by atoms with E-state index in [2.05, 4.69) is 15.5 Å². The van der Waals surface area contributed by atoms with Gasteiger partial charge in [-0.05, 0) is 0 Å². The molecule has 14 nitrogen and oxygen atoms in total. The maximum absolute atomic E-state index is 15.3. The van der Waals surface area contributed by atoms with Crippen LogP contribution in [0.2, 0.25) is 0 Å². The number of H-pyrrole nitrogens is 1. The lowest BCUT2D eigenvalue weighted by Crippen LogP contribution is -2.35. The summed E-state index contributed by atoms with van der Waals surface area (Å²) in [6.07, 6.45) is 2.27. The highest BCUT2D eigenvalue weighted by atomic mass is 19.1. The largest absolute Gasteiger partial charge is 0.438 e. The topological polar surface area (TPSA) is 159 Å². The molecule has 1 spiro atoms. The SMILES string of the molecule is O=C(c1cc([N+](=O)[O-])c[nH]1)N1CCN(c2c(F)cc(N3CC4(C[C@@H]4Nc4ccon4)OC3=O)cc2F)CCO1. The van der Waals surface area contributed by atoms with Gasteiger partial charge in [0, 0.05) is 43.8 Å². The Labute approximate surface area is 218 Å². The maximum Gasteiger partial charge on any atom is 0.415 e. The minimum absolute atomic E-state index is 0.0129. The van der Waals surface area contributed by atoms with E-state index in [0.29, 0.717) is 12.2 Å². The number of ether oxygens (including phenoxy) is 1. The molecular weight excluding hydrogens is 524 g/mol. The predicted octanol–water partition coefficient (Wildman–Crippen LogP) is 2.66. The normalized spacial score (nSPS) is 22.7. The summed E-state index contributed by atoms with van der Waals surface area (Å²) in [6, 6.07) is 4.61. The van der Waals surface area contributed by atoms with Crippen LogP contribution in [0.5, 0.6) is 0 Å². The first-order valence-corrected chi connectivity index (χ1v) is 11.9. The van der Waals surface area contributed by atoms with Crippen LogP contribution < -0.4 is 15.1 Å². The number of aromatic nitrogens is 2. The molecular formula is C23H21F2N7O7. The molecule has 2 aromatic heterocycles. The second-order valence-electron chi connectivity index (χ2n) is 9.32. The van der Waals surface area contributed by atoms with Gasteiger partial charge in [-0.3, -0.25) is 24.6 Å². The average Bonchev–Trinajstić information content (AvgIpc) is 3.27. The molecule has 4 heterocycles. The van der Waals surface area contributed by atoms with Crippen LogP contribution in [0.25, 0.3) is 0 Å². The molecule has 16 heteroatoms. The van der Waals surface area contributed by atoms with Gasteiger partial charge in [0.05, 0.1) is 42.5 Å². The lowest BCUT2D eigenvalue weighted by atomic mass is 10.2. The molecule has 2 aliphatic heterocycles. The summed E-state index contributed by atoms with van der Waals surface area (Å²) < 4.78 is 40.8. The van der Waals surface area contributed by atoms with Crippen LogP contribution in [0.1, 0.15) is 16.9 Å². The molecule has 2 N–H and O–H groups in total. The van der Waals surface area contributed by atoms with E-state index in [4.69, 9.17) is 14.1 Å². The first-order valence-electron chi connectivity index (χ1n) is 11.9. The second-order valence-corrected chi connectivity index (χ2v) is 9.32. The molecule has 3 aromatic rings. The van der Waals surface area contributed by atoms with Crippen LogP contribution >= 0.6 is 0 Å². The third-order valence-electron chi connectivity index (χ3n) is 6.87. The van der Waals surface area contributed by atoms with Gasteiger partial charge in [-0.2, -0.15) is 0 Å². The number of nitrogens with one attached hydrogen (secondary N) is 2. The van der Waals surface area contributed by atoms with Gasteiger partial charge in [0.25, 0.3) is 11.6 Å². The lowest BCUT2D eigenvalue weighted by Gasteiger charge is -2.24. The number of hydrogen-bond acceptors (Lipinski definition) is 10. The summed E-state index contributed by atoms with van der Waals surface area (Å²) in [4.78, 5) is 46.0. The van der Waals surface area contributed by atoms with E-state index in [1.807, 2.05) is 0 Å². The summed E-state index contributed by atoms with van der Waals surface area (Å²) in [6.45, 7) is 0.0480. The molecule has 0 bridgehead atoms. The van der Waals surface area contributed by atoms with Gasteiger partial charge in [-0.25, -0.2) is 18.6 Å². The van der Waals surface area contributed by atoms with Crippen LogP contribution in [-0.4, -0.2) is 76.6 Å². The fraction of sp³-hybridized carbons (Fsp3) is 0.348. The van der Waals surface area contributed by atoms with E-state index >= 15 is 8.78 Å². The molecule has 0 radical (unpaired) electrons. The number of benzene rings is 1. The molecule has 39 heavy (non-hydrogen) atoms. The third-order valence-corrected chi connectivity index (χ3v) is 6.87. The Kier molecular flexibility index (Phi) is 5.82. The third kappa shape index (κ3) is 4.47. The number of carbonyl (C=O) groups is 2. The minimum atomic E-state index is -0.897. The highest BCUT2D eigenvalue weighted by molar-refractivity contribution is 5.93. The van der Waals surface area contributed by atoms with Crippen molar-refractivity contribution in [3.63, 3.8) is 0 Å². The van der Waals surface area contributed by atoms with E-state index in [-0.39, 0.29) is 61.6 Å². The van der Waals surface area contributed by atoms with Crippen LogP contribution in [0, 0.1) is 21.7 Å². The van der Waals surface area contributed by atoms with E-state index < -0.39 is 34.2 Å². The van der Waals surface area contributed by atoms with Crippen molar-refractivity contribution >= 4 is 34.9 Å². The Bertz CT molecular complexity index is 1430. The summed E-state index contributed by atoms with van der Waals surface area (Å²) in [5.74, 6) is -1.96. The van der Waals surface area contributed by atoms with Crippen molar-refractivity contribution in [2.45, 2.75) is 18.1 Å². The van der Waals surface area contributed by atoms with Crippen molar-refractivity contribution in [2.75, 3.05) is 47.9 Å². The quantitative estimate of drug-likeness (QED) is 0.348. The zero-order chi connectivity index (χ0) is 27.3. The van der Waals surface area contributed by atoms with Gasteiger partial charge >= 0.3 is 6.09 Å². The number of halogens is 2. The maximum atomic E-state index is 15.3. The van der Waals surface area contributed by atoms with Crippen LogP contribution in [-0.2, 0) is 9.57 Å².